The van der Waals surface area contributed by atoms with Crippen LogP contribution in [-0.4, -0.2) is 29.7 Å². The number of aromatic nitrogens is 2. The molecule has 0 bridgehead atoms. The third kappa shape index (κ3) is 3.82. The van der Waals surface area contributed by atoms with Crippen LogP contribution < -0.4 is 14.8 Å². The first-order valence-corrected chi connectivity index (χ1v) is 9.32. The van der Waals surface area contributed by atoms with E-state index in [1.54, 1.807) is 32.4 Å². The zero-order chi connectivity index (χ0) is 21.1. The van der Waals surface area contributed by atoms with E-state index >= 15 is 0 Å². The fraction of sp³-hybridized carbons (Fsp3) is 0.130. The van der Waals surface area contributed by atoms with Crippen molar-refractivity contribution in [2.24, 2.45) is 0 Å². The molecule has 0 unspecified atom stereocenters. The lowest BCUT2D eigenvalue weighted by molar-refractivity contribution is -0.116. The molecule has 1 amide bonds. The Labute approximate surface area is 172 Å². The number of ether oxygens (including phenoxy) is 2. The number of imidazole rings is 1. The number of halogens is 1. The standard InChI is InChI=1S/C23H20FN3O3/c1-29-20-11-10-15(12-21(20)30-2)23-26-18-8-3-4-9-19(18)27(23)14-22(28)25-17-7-5-6-16(24)13-17/h3-13H,14H2,1-2H3,(H,25,28). The summed E-state index contributed by atoms with van der Waals surface area (Å²) in [6.45, 7) is 0.0146. The molecule has 4 aromatic rings. The lowest BCUT2D eigenvalue weighted by Crippen LogP contribution is -2.19. The largest absolute Gasteiger partial charge is 0.493 e. The van der Waals surface area contributed by atoms with Gasteiger partial charge >= 0.3 is 0 Å². The Hall–Kier alpha value is -3.87. The van der Waals surface area contributed by atoms with Gasteiger partial charge in [-0.1, -0.05) is 18.2 Å². The number of anilines is 1. The maximum atomic E-state index is 13.4. The molecule has 0 aliphatic rings. The van der Waals surface area contributed by atoms with E-state index in [4.69, 9.17) is 14.5 Å². The molecule has 0 spiro atoms. The highest BCUT2D eigenvalue weighted by Crippen LogP contribution is 2.33. The molecule has 6 nitrogen and oxygen atoms in total. The predicted octanol–water partition coefficient (Wildman–Crippen LogP) is 4.50. The molecule has 1 aromatic heterocycles. The number of nitrogens with one attached hydrogen (secondary N) is 1. The Morgan fingerprint density at radius 3 is 2.57 bits per heavy atom. The Kier molecular flexibility index (Phi) is 5.34. The van der Waals surface area contributed by atoms with Gasteiger partial charge in [-0.05, 0) is 48.5 Å². The van der Waals surface area contributed by atoms with Crippen molar-refractivity contribution in [1.82, 2.24) is 9.55 Å². The summed E-state index contributed by atoms with van der Waals surface area (Å²) in [4.78, 5) is 17.4. The number of fused-ring (bicyclic) bond motifs is 1. The van der Waals surface area contributed by atoms with Crippen molar-refractivity contribution in [1.29, 1.82) is 0 Å². The molecule has 0 fully saturated rings. The van der Waals surface area contributed by atoms with E-state index in [1.807, 2.05) is 41.0 Å². The minimum absolute atomic E-state index is 0.0146. The normalized spacial score (nSPS) is 10.8. The number of hydrogen-bond acceptors (Lipinski definition) is 4. The van der Waals surface area contributed by atoms with Gasteiger partial charge in [0.25, 0.3) is 0 Å². The second-order valence-corrected chi connectivity index (χ2v) is 6.64. The van der Waals surface area contributed by atoms with Crippen LogP contribution in [0.2, 0.25) is 0 Å². The van der Waals surface area contributed by atoms with Crippen molar-refractivity contribution in [3.8, 4) is 22.9 Å². The van der Waals surface area contributed by atoms with Crippen molar-refractivity contribution in [3.05, 3.63) is 72.5 Å². The summed E-state index contributed by atoms with van der Waals surface area (Å²) in [5.41, 5.74) is 2.76. The van der Waals surface area contributed by atoms with Crippen LogP contribution in [0.4, 0.5) is 10.1 Å². The van der Waals surface area contributed by atoms with Crippen LogP contribution in [0.3, 0.4) is 0 Å². The summed E-state index contributed by atoms with van der Waals surface area (Å²) in [6, 6.07) is 18.9. The first kappa shape index (κ1) is 19.4. The van der Waals surface area contributed by atoms with Gasteiger partial charge in [-0.3, -0.25) is 4.79 Å². The molecule has 0 aliphatic carbocycles. The number of hydrogen-bond donors (Lipinski definition) is 1. The summed E-state index contributed by atoms with van der Waals surface area (Å²) < 4.78 is 26.0. The van der Waals surface area contributed by atoms with Gasteiger partial charge in [0.1, 0.15) is 18.2 Å². The highest BCUT2D eigenvalue weighted by atomic mass is 19.1. The van der Waals surface area contributed by atoms with Crippen LogP contribution in [0.15, 0.2) is 66.7 Å². The third-order valence-electron chi connectivity index (χ3n) is 4.71. The highest BCUT2D eigenvalue weighted by Gasteiger charge is 2.17. The van der Waals surface area contributed by atoms with E-state index in [1.165, 1.54) is 12.1 Å². The zero-order valence-corrected chi connectivity index (χ0v) is 16.6. The smallest absolute Gasteiger partial charge is 0.244 e. The molecule has 152 valence electrons. The van der Waals surface area contributed by atoms with Crippen molar-refractivity contribution in [2.75, 3.05) is 19.5 Å². The van der Waals surface area contributed by atoms with Crippen LogP contribution in [0.1, 0.15) is 0 Å². The molecule has 7 heteroatoms. The number of amides is 1. The van der Waals surface area contributed by atoms with Gasteiger partial charge in [0.2, 0.25) is 5.91 Å². The minimum atomic E-state index is -0.410. The first-order chi connectivity index (χ1) is 14.6. The van der Waals surface area contributed by atoms with Crippen LogP contribution in [0, 0.1) is 5.82 Å². The molecule has 0 atom stereocenters. The van der Waals surface area contributed by atoms with Gasteiger partial charge in [0.15, 0.2) is 11.5 Å². The summed E-state index contributed by atoms with van der Waals surface area (Å²) >= 11 is 0. The topological polar surface area (TPSA) is 65.4 Å². The molecule has 0 saturated carbocycles. The van der Waals surface area contributed by atoms with Crippen molar-refractivity contribution < 1.29 is 18.7 Å². The predicted molar refractivity (Wildman–Crippen MR) is 113 cm³/mol. The Bertz CT molecular complexity index is 1220. The maximum absolute atomic E-state index is 13.4. The SMILES string of the molecule is COc1ccc(-c2nc3ccccc3n2CC(=O)Nc2cccc(F)c2)cc1OC. The molecular weight excluding hydrogens is 385 g/mol. The van der Waals surface area contributed by atoms with Crippen LogP contribution in [0.25, 0.3) is 22.4 Å². The molecule has 1 heterocycles. The third-order valence-corrected chi connectivity index (χ3v) is 4.71. The lowest BCUT2D eigenvalue weighted by atomic mass is 10.2. The lowest BCUT2D eigenvalue weighted by Gasteiger charge is -2.12. The second kappa shape index (κ2) is 8.24. The van der Waals surface area contributed by atoms with E-state index < -0.39 is 5.82 Å². The number of carbonyl (C=O) groups excluding carboxylic acids is 1. The Morgan fingerprint density at radius 2 is 1.80 bits per heavy atom. The molecule has 0 aliphatic heterocycles. The average Bonchev–Trinajstić information content (AvgIpc) is 3.11. The molecular formula is C23H20FN3O3. The van der Waals surface area contributed by atoms with E-state index in [0.717, 1.165) is 16.6 Å². The molecule has 3 aromatic carbocycles. The van der Waals surface area contributed by atoms with Gasteiger partial charge in [-0.15, -0.1) is 0 Å². The Balaban J connectivity index is 1.73. The quantitative estimate of drug-likeness (QED) is 0.513. The minimum Gasteiger partial charge on any atom is -0.493 e. The molecule has 4 rings (SSSR count). The van der Waals surface area contributed by atoms with Gasteiger partial charge in [0, 0.05) is 11.3 Å². The van der Waals surface area contributed by atoms with E-state index in [0.29, 0.717) is 23.0 Å². The van der Waals surface area contributed by atoms with Gasteiger partial charge in [-0.2, -0.15) is 0 Å². The highest BCUT2D eigenvalue weighted by molar-refractivity contribution is 5.92. The number of para-hydroxylation sites is 2. The maximum Gasteiger partial charge on any atom is 0.244 e. The van der Waals surface area contributed by atoms with E-state index in [2.05, 4.69) is 5.32 Å². The van der Waals surface area contributed by atoms with Gasteiger partial charge in [0.05, 0.1) is 25.3 Å². The molecule has 0 radical (unpaired) electrons. The van der Waals surface area contributed by atoms with Crippen molar-refractivity contribution in [3.63, 3.8) is 0 Å². The number of methoxy groups -OCH3 is 2. The number of nitrogens with zero attached hydrogens (tertiary/aromatic N) is 2. The number of carbonyl (C=O) groups is 1. The molecule has 0 saturated heterocycles. The summed E-state index contributed by atoms with van der Waals surface area (Å²) in [6.07, 6.45) is 0. The zero-order valence-electron chi connectivity index (χ0n) is 16.6. The van der Waals surface area contributed by atoms with Crippen LogP contribution in [0.5, 0.6) is 11.5 Å². The summed E-state index contributed by atoms with van der Waals surface area (Å²) in [5, 5.41) is 2.73. The van der Waals surface area contributed by atoms with Gasteiger partial charge < -0.3 is 19.4 Å². The van der Waals surface area contributed by atoms with Crippen molar-refractivity contribution in [2.45, 2.75) is 6.54 Å². The molecule has 1 N–H and O–H groups in total. The van der Waals surface area contributed by atoms with Crippen LogP contribution >= 0.6 is 0 Å². The van der Waals surface area contributed by atoms with Gasteiger partial charge in [-0.25, -0.2) is 9.37 Å². The van der Waals surface area contributed by atoms with E-state index in [9.17, 15) is 9.18 Å². The Morgan fingerprint density at radius 1 is 1.00 bits per heavy atom. The average molecular weight is 405 g/mol. The van der Waals surface area contributed by atoms with Crippen molar-refractivity contribution >= 4 is 22.6 Å². The fourth-order valence-corrected chi connectivity index (χ4v) is 3.34. The summed E-state index contributed by atoms with van der Waals surface area (Å²) in [5.74, 6) is 1.09. The summed E-state index contributed by atoms with van der Waals surface area (Å²) in [7, 11) is 3.14. The van der Waals surface area contributed by atoms with E-state index in [-0.39, 0.29) is 12.5 Å². The first-order valence-electron chi connectivity index (χ1n) is 9.32. The second-order valence-electron chi connectivity index (χ2n) is 6.64. The monoisotopic (exact) mass is 405 g/mol. The number of rotatable bonds is 6. The number of benzene rings is 3. The fourth-order valence-electron chi connectivity index (χ4n) is 3.34. The molecule has 30 heavy (non-hydrogen) atoms. The van der Waals surface area contributed by atoms with Crippen LogP contribution in [-0.2, 0) is 11.3 Å².